The maximum Gasteiger partial charge on any atom is 0.202 e. The summed E-state index contributed by atoms with van der Waals surface area (Å²) >= 11 is 0. The van der Waals surface area contributed by atoms with Crippen LogP contribution in [0.15, 0.2) is 18.2 Å². The summed E-state index contributed by atoms with van der Waals surface area (Å²) in [4.78, 5) is 39.1. The lowest BCUT2D eigenvalue weighted by molar-refractivity contribution is -0.147. The van der Waals surface area contributed by atoms with Gasteiger partial charge in [0.2, 0.25) is 5.78 Å². The second-order valence-corrected chi connectivity index (χ2v) is 9.57. The molecule has 2 aliphatic rings. The van der Waals surface area contributed by atoms with Gasteiger partial charge in [-0.2, -0.15) is 0 Å². The average Bonchev–Trinajstić information content (AvgIpc) is 2.72. The van der Waals surface area contributed by atoms with E-state index in [2.05, 4.69) is 0 Å². The van der Waals surface area contributed by atoms with Crippen molar-refractivity contribution in [1.29, 1.82) is 0 Å². The van der Waals surface area contributed by atoms with E-state index in [4.69, 9.17) is 9.47 Å². The van der Waals surface area contributed by atoms with Crippen LogP contribution in [0.2, 0.25) is 0 Å². The number of phenols is 2. The highest BCUT2D eigenvalue weighted by atomic mass is 16.5. The SMILES string of the molecule is COc1cccc2c1C(=O)c1c(O)c3c(c(O)c1C2=O)CC(O)(C(C)=O)CC3OC(C)(C)C. The Kier molecular flexibility index (Phi) is 5.14. The fourth-order valence-electron chi connectivity index (χ4n) is 4.71. The van der Waals surface area contributed by atoms with Gasteiger partial charge >= 0.3 is 0 Å². The number of hydrogen-bond donors (Lipinski definition) is 3. The van der Waals surface area contributed by atoms with Crippen molar-refractivity contribution in [3.63, 3.8) is 0 Å². The van der Waals surface area contributed by atoms with Gasteiger partial charge in [0, 0.05) is 29.5 Å². The van der Waals surface area contributed by atoms with Gasteiger partial charge in [0.15, 0.2) is 11.6 Å². The minimum Gasteiger partial charge on any atom is -0.507 e. The van der Waals surface area contributed by atoms with E-state index in [0.29, 0.717) is 0 Å². The fraction of sp³-hybridized carbons (Fsp3) is 0.400. The Morgan fingerprint density at radius 3 is 2.27 bits per heavy atom. The third-order valence-corrected chi connectivity index (χ3v) is 6.23. The first-order valence-corrected chi connectivity index (χ1v) is 10.6. The number of methoxy groups -OCH3 is 1. The number of fused-ring (bicyclic) bond motifs is 3. The molecule has 0 bridgehead atoms. The van der Waals surface area contributed by atoms with E-state index in [9.17, 15) is 29.7 Å². The van der Waals surface area contributed by atoms with Crippen LogP contribution in [0.1, 0.15) is 83.2 Å². The average molecular weight is 454 g/mol. The molecule has 0 aliphatic heterocycles. The normalized spacial score (nSPS) is 21.8. The number of aromatic hydroxyl groups is 2. The van der Waals surface area contributed by atoms with Crippen LogP contribution in [0.3, 0.4) is 0 Å². The van der Waals surface area contributed by atoms with Crippen molar-refractivity contribution in [2.45, 2.75) is 57.8 Å². The van der Waals surface area contributed by atoms with Gasteiger partial charge in [-0.25, -0.2) is 0 Å². The molecule has 0 saturated carbocycles. The summed E-state index contributed by atoms with van der Waals surface area (Å²) in [6.45, 7) is 6.52. The molecule has 33 heavy (non-hydrogen) atoms. The lowest BCUT2D eigenvalue weighted by atomic mass is 9.72. The van der Waals surface area contributed by atoms with E-state index in [1.165, 1.54) is 26.2 Å². The third kappa shape index (κ3) is 3.41. The molecular weight excluding hydrogens is 428 g/mol. The molecule has 0 saturated heterocycles. The largest absolute Gasteiger partial charge is 0.507 e. The third-order valence-electron chi connectivity index (χ3n) is 6.23. The molecular formula is C25H26O8. The van der Waals surface area contributed by atoms with Crippen molar-refractivity contribution in [3.8, 4) is 17.2 Å². The van der Waals surface area contributed by atoms with Crippen molar-refractivity contribution in [2.75, 3.05) is 7.11 Å². The molecule has 8 nitrogen and oxygen atoms in total. The smallest absolute Gasteiger partial charge is 0.202 e. The van der Waals surface area contributed by atoms with Crippen LogP contribution >= 0.6 is 0 Å². The molecule has 0 aromatic heterocycles. The van der Waals surface area contributed by atoms with Crippen molar-refractivity contribution >= 4 is 17.3 Å². The highest BCUT2D eigenvalue weighted by Crippen LogP contribution is 2.52. The first-order chi connectivity index (χ1) is 15.3. The summed E-state index contributed by atoms with van der Waals surface area (Å²) in [6.07, 6.45) is -1.53. The molecule has 2 aliphatic carbocycles. The first kappa shape index (κ1) is 22.9. The van der Waals surface area contributed by atoms with Crippen LogP contribution < -0.4 is 4.74 Å². The first-order valence-electron chi connectivity index (χ1n) is 10.6. The quantitative estimate of drug-likeness (QED) is 0.515. The topological polar surface area (TPSA) is 130 Å². The predicted octanol–water partition coefficient (Wildman–Crippen LogP) is 3.00. The molecule has 0 spiro atoms. The summed E-state index contributed by atoms with van der Waals surface area (Å²) in [7, 11) is 1.36. The van der Waals surface area contributed by atoms with E-state index in [-0.39, 0.29) is 52.0 Å². The zero-order valence-corrected chi connectivity index (χ0v) is 19.1. The number of phenolic OH excluding ortho intramolecular Hbond substituents is 2. The minimum absolute atomic E-state index is 0.00325. The molecule has 8 heteroatoms. The Morgan fingerprint density at radius 2 is 1.70 bits per heavy atom. The van der Waals surface area contributed by atoms with Crippen LogP contribution in [-0.4, -0.2) is 51.0 Å². The number of aliphatic hydroxyl groups is 1. The van der Waals surface area contributed by atoms with Crippen LogP contribution in [0, 0.1) is 0 Å². The van der Waals surface area contributed by atoms with E-state index in [1.54, 1.807) is 26.8 Å². The van der Waals surface area contributed by atoms with Crippen molar-refractivity contribution in [2.24, 2.45) is 0 Å². The fourth-order valence-corrected chi connectivity index (χ4v) is 4.71. The second-order valence-electron chi connectivity index (χ2n) is 9.57. The summed E-state index contributed by atoms with van der Waals surface area (Å²) in [5, 5.41) is 33.5. The molecule has 0 radical (unpaired) electrons. The maximum absolute atomic E-state index is 13.5. The summed E-state index contributed by atoms with van der Waals surface area (Å²) in [5.74, 6) is -2.76. The zero-order chi connectivity index (χ0) is 24.5. The highest BCUT2D eigenvalue weighted by Gasteiger charge is 2.48. The van der Waals surface area contributed by atoms with Crippen LogP contribution in [0.4, 0.5) is 0 Å². The predicted molar refractivity (Wildman–Crippen MR) is 117 cm³/mol. The number of carbonyl (C=O) groups is 3. The number of carbonyl (C=O) groups excluding carboxylic acids is 3. The minimum atomic E-state index is -1.87. The molecule has 0 heterocycles. The standard InChI is InChI=1S/C25H26O8/c1-11(26)25(31)9-13-17(15(10-25)33-24(2,3)4)23(30)19-18(21(13)28)20(27)12-7-6-8-14(32-5)16(12)22(19)29/h6-8,15,28,30-31H,9-10H2,1-5H3. The van der Waals surface area contributed by atoms with Crippen molar-refractivity contribution in [3.05, 3.63) is 51.6 Å². The second kappa shape index (κ2) is 7.40. The molecule has 2 aromatic carbocycles. The van der Waals surface area contributed by atoms with E-state index in [1.807, 2.05) is 0 Å². The summed E-state index contributed by atoms with van der Waals surface area (Å²) in [5.41, 5.74) is -3.20. The van der Waals surface area contributed by atoms with Crippen LogP contribution in [0.5, 0.6) is 17.2 Å². The van der Waals surface area contributed by atoms with Crippen molar-refractivity contribution < 1.29 is 39.2 Å². The van der Waals surface area contributed by atoms with Gasteiger partial charge in [-0.15, -0.1) is 0 Å². The Hall–Kier alpha value is -3.23. The molecule has 2 unspecified atom stereocenters. The number of ketones is 3. The Morgan fingerprint density at radius 1 is 1.06 bits per heavy atom. The van der Waals surface area contributed by atoms with E-state index < -0.39 is 46.2 Å². The monoisotopic (exact) mass is 454 g/mol. The molecule has 174 valence electrons. The number of hydrogen-bond acceptors (Lipinski definition) is 8. The van der Waals surface area contributed by atoms with Gasteiger partial charge in [-0.05, 0) is 33.8 Å². The van der Waals surface area contributed by atoms with Crippen molar-refractivity contribution in [1.82, 2.24) is 0 Å². The van der Waals surface area contributed by atoms with Gasteiger partial charge in [0.1, 0.15) is 22.8 Å². The highest BCUT2D eigenvalue weighted by molar-refractivity contribution is 6.31. The van der Waals surface area contributed by atoms with Gasteiger partial charge in [-0.1, -0.05) is 12.1 Å². The molecule has 2 aromatic rings. The van der Waals surface area contributed by atoms with Gasteiger partial charge in [0.25, 0.3) is 0 Å². The van der Waals surface area contributed by atoms with Crippen LogP contribution in [0.25, 0.3) is 0 Å². The van der Waals surface area contributed by atoms with E-state index >= 15 is 0 Å². The van der Waals surface area contributed by atoms with Gasteiger partial charge in [0.05, 0.1) is 35.5 Å². The lowest BCUT2D eigenvalue weighted by Crippen LogP contribution is -2.45. The molecule has 0 amide bonds. The van der Waals surface area contributed by atoms with Crippen LogP contribution in [-0.2, 0) is 16.0 Å². The summed E-state index contributed by atoms with van der Waals surface area (Å²) < 4.78 is 11.3. The Balaban J connectivity index is 2.04. The van der Waals surface area contributed by atoms with Gasteiger partial charge < -0.3 is 24.8 Å². The van der Waals surface area contributed by atoms with E-state index in [0.717, 1.165) is 0 Å². The maximum atomic E-state index is 13.5. The Bertz CT molecular complexity index is 1220. The number of Topliss-reactive ketones (excluding diaryl/α,β-unsaturated/α-hetero) is 1. The molecule has 4 rings (SSSR count). The summed E-state index contributed by atoms with van der Waals surface area (Å²) in [6, 6.07) is 4.52. The lowest BCUT2D eigenvalue weighted by Gasteiger charge is -2.40. The number of rotatable bonds is 3. The molecule has 2 atom stereocenters. The Labute approximate surface area is 190 Å². The number of benzene rings is 2. The molecule has 3 N–H and O–H groups in total. The zero-order valence-electron chi connectivity index (χ0n) is 19.1. The van der Waals surface area contributed by atoms with Gasteiger partial charge in [-0.3, -0.25) is 14.4 Å². The molecule has 0 fully saturated rings. The number of ether oxygens (including phenoxy) is 2.